The van der Waals surface area contributed by atoms with E-state index in [0.29, 0.717) is 55.0 Å². The highest BCUT2D eigenvalue weighted by Crippen LogP contribution is 2.36. The van der Waals surface area contributed by atoms with Crippen molar-refractivity contribution < 1.29 is 9.21 Å². The van der Waals surface area contributed by atoms with Crippen LogP contribution in [0.4, 0.5) is 5.82 Å². The Morgan fingerprint density at radius 1 is 1.21 bits per heavy atom. The molecule has 0 aliphatic carbocycles. The number of nitrogen functional groups attached to an aromatic ring is 1. The summed E-state index contributed by atoms with van der Waals surface area (Å²) in [6.45, 7) is 5.97. The second-order valence-corrected chi connectivity index (χ2v) is 10.3. The SMILES string of the molecule is CCc1nn(C(C)c2oc(=O)c3ccccc3c2C2=CCN(C(=O)CCCN(C)C)CC2)c2ncnc(N)c12. The Hall–Kier alpha value is -4.05. The molecular weight excluding hydrogens is 494 g/mol. The van der Waals surface area contributed by atoms with Gasteiger partial charge in [0.15, 0.2) is 5.65 Å². The number of aromatic nitrogens is 4. The summed E-state index contributed by atoms with van der Waals surface area (Å²) in [5, 5.41) is 6.89. The molecule has 0 bridgehead atoms. The predicted molar refractivity (Wildman–Crippen MR) is 152 cm³/mol. The lowest BCUT2D eigenvalue weighted by Gasteiger charge is -2.28. The van der Waals surface area contributed by atoms with Gasteiger partial charge in [0.1, 0.15) is 23.9 Å². The zero-order valence-corrected chi connectivity index (χ0v) is 23.0. The first kappa shape index (κ1) is 26.6. The number of fused-ring (bicyclic) bond motifs is 2. The van der Waals surface area contributed by atoms with Crippen LogP contribution in [0.5, 0.6) is 0 Å². The van der Waals surface area contributed by atoms with Gasteiger partial charge in [-0.05, 0) is 63.9 Å². The summed E-state index contributed by atoms with van der Waals surface area (Å²) in [5.41, 5.74) is 9.11. The number of hydrogen-bond donors (Lipinski definition) is 1. The third-order valence-electron chi connectivity index (χ3n) is 7.42. The van der Waals surface area contributed by atoms with Gasteiger partial charge in [0.2, 0.25) is 5.91 Å². The summed E-state index contributed by atoms with van der Waals surface area (Å²) in [6.07, 6.45) is 6.19. The first-order chi connectivity index (χ1) is 18.8. The van der Waals surface area contributed by atoms with Crippen LogP contribution in [0.2, 0.25) is 0 Å². The fourth-order valence-corrected chi connectivity index (χ4v) is 5.37. The zero-order chi connectivity index (χ0) is 27.7. The van der Waals surface area contributed by atoms with E-state index in [1.54, 1.807) is 10.7 Å². The monoisotopic (exact) mass is 529 g/mol. The van der Waals surface area contributed by atoms with Crippen molar-refractivity contribution in [2.24, 2.45) is 0 Å². The van der Waals surface area contributed by atoms with Gasteiger partial charge in [-0.15, -0.1) is 0 Å². The lowest BCUT2D eigenvalue weighted by atomic mass is 9.92. The molecule has 0 spiro atoms. The van der Waals surface area contributed by atoms with Gasteiger partial charge in [0, 0.05) is 25.1 Å². The van der Waals surface area contributed by atoms with Gasteiger partial charge in [-0.2, -0.15) is 5.10 Å². The molecule has 1 unspecified atom stereocenters. The quantitative estimate of drug-likeness (QED) is 0.367. The van der Waals surface area contributed by atoms with Gasteiger partial charge < -0.3 is 20.0 Å². The average Bonchev–Trinajstić information content (AvgIpc) is 3.32. The molecule has 1 aliphatic heterocycles. The molecule has 5 rings (SSSR count). The van der Waals surface area contributed by atoms with Crippen LogP contribution >= 0.6 is 0 Å². The lowest BCUT2D eigenvalue weighted by Crippen LogP contribution is -2.35. The second-order valence-electron chi connectivity index (χ2n) is 10.3. The minimum absolute atomic E-state index is 0.164. The summed E-state index contributed by atoms with van der Waals surface area (Å²) in [7, 11) is 4.02. The third kappa shape index (κ3) is 5.04. The molecule has 0 fully saturated rings. The highest BCUT2D eigenvalue weighted by atomic mass is 16.4. The van der Waals surface area contributed by atoms with Crippen LogP contribution in [0, 0.1) is 0 Å². The van der Waals surface area contributed by atoms with E-state index in [1.165, 1.54) is 6.33 Å². The van der Waals surface area contributed by atoms with E-state index in [-0.39, 0.29) is 5.91 Å². The Bertz CT molecular complexity index is 1620. The lowest BCUT2D eigenvalue weighted by molar-refractivity contribution is -0.130. The van der Waals surface area contributed by atoms with Crippen LogP contribution < -0.4 is 11.4 Å². The highest BCUT2D eigenvalue weighted by Gasteiger charge is 2.28. The summed E-state index contributed by atoms with van der Waals surface area (Å²) in [5.74, 6) is 1.05. The Morgan fingerprint density at radius 3 is 2.67 bits per heavy atom. The van der Waals surface area contributed by atoms with E-state index in [4.69, 9.17) is 15.2 Å². The number of carbonyl (C=O) groups is 1. The first-order valence-electron chi connectivity index (χ1n) is 13.4. The van der Waals surface area contributed by atoms with Crippen molar-refractivity contribution in [1.29, 1.82) is 0 Å². The Morgan fingerprint density at radius 2 is 1.97 bits per heavy atom. The van der Waals surface area contributed by atoms with Gasteiger partial charge in [-0.3, -0.25) is 4.79 Å². The van der Waals surface area contributed by atoms with E-state index in [0.717, 1.165) is 40.6 Å². The molecule has 0 saturated heterocycles. The number of carbonyl (C=O) groups excluding carboxylic acids is 1. The molecule has 1 aliphatic rings. The van der Waals surface area contributed by atoms with Crippen LogP contribution in [-0.4, -0.2) is 69.2 Å². The third-order valence-corrected chi connectivity index (χ3v) is 7.42. The Balaban J connectivity index is 1.57. The van der Waals surface area contributed by atoms with Crippen LogP contribution in [0.15, 0.2) is 45.9 Å². The first-order valence-corrected chi connectivity index (χ1v) is 13.4. The molecule has 4 heterocycles. The maximum Gasteiger partial charge on any atom is 0.343 e. The standard InChI is InChI=1S/C29H35N7O3/c1-5-22-25-27(30)31-17-32-28(25)36(33-22)18(2)26-24(20-9-6-7-10-21(20)29(38)39-26)19-12-15-35(16-13-19)23(37)11-8-14-34(3)4/h6-7,9-10,12,17-18H,5,8,11,13-16H2,1-4H3,(H2,30,31,32). The number of amides is 1. The second kappa shape index (κ2) is 11.0. The molecule has 0 saturated carbocycles. The van der Waals surface area contributed by atoms with E-state index < -0.39 is 11.7 Å². The molecule has 1 atom stereocenters. The Labute approximate surface area is 227 Å². The maximum absolute atomic E-state index is 13.1. The fourth-order valence-electron chi connectivity index (χ4n) is 5.37. The number of anilines is 1. The van der Waals surface area contributed by atoms with Crippen LogP contribution in [0.1, 0.15) is 56.2 Å². The zero-order valence-electron chi connectivity index (χ0n) is 23.0. The van der Waals surface area contributed by atoms with Gasteiger partial charge in [0.25, 0.3) is 0 Å². The van der Waals surface area contributed by atoms with Crippen molar-refractivity contribution in [3.05, 3.63) is 64.1 Å². The van der Waals surface area contributed by atoms with Crippen molar-refractivity contribution in [2.75, 3.05) is 39.5 Å². The largest absolute Gasteiger partial charge is 0.424 e. The number of hydrogen-bond acceptors (Lipinski definition) is 8. The Kier molecular flexibility index (Phi) is 7.47. The molecule has 1 aromatic carbocycles. The summed E-state index contributed by atoms with van der Waals surface area (Å²) in [6, 6.07) is 7.06. The van der Waals surface area contributed by atoms with Crippen molar-refractivity contribution in [2.45, 2.75) is 45.6 Å². The molecule has 4 aromatic rings. The number of benzene rings is 1. The maximum atomic E-state index is 13.1. The minimum Gasteiger partial charge on any atom is -0.424 e. The number of aryl methyl sites for hydroxylation is 1. The van der Waals surface area contributed by atoms with Gasteiger partial charge >= 0.3 is 5.63 Å². The summed E-state index contributed by atoms with van der Waals surface area (Å²) >= 11 is 0. The molecule has 1 amide bonds. The van der Waals surface area contributed by atoms with Gasteiger partial charge in [-0.1, -0.05) is 31.2 Å². The van der Waals surface area contributed by atoms with Crippen molar-refractivity contribution in [1.82, 2.24) is 29.5 Å². The van der Waals surface area contributed by atoms with E-state index in [2.05, 4.69) is 20.9 Å². The van der Waals surface area contributed by atoms with Crippen molar-refractivity contribution in [3.63, 3.8) is 0 Å². The molecule has 204 valence electrons. The average molecular weight is 530 g/mol. The molecule has 3 aromatic heterocycles. The van der Waals surface area contributed by atoms with Crippen LogP contribution in [0.3, 0.4) is 0 Å². The predicted octanol–water partition coefficient (Wildman–Crippen LogP) is 3.64. The minimum atomic E-state index is -0.444. The van der Waals surface area contributed by atoms with Gasteiger partial charge in [-0.25, -0.2) is 19.4 Å². The van der Waals surface area contributed by atoms with Crippen LogP contribution in [-0.2, 0) is 11.2 Å². The topological polar surface area (TPSA) is 123 Å². The van der Waals surface area contributed by atoms with E-state index >= 15 is 0 Å². The van der Waals surface area contributed by atoms with E-state index in [1.807, 2.05) is 51.0 Å². The molecule has 10 heteroatoms. The molecule has 10 nitrogen and oxygen atoms in total. The van der Waals surface area contributed by atoms with Crippen LogP contribution in [0.25, 0.3) is 27.4 Å². The van der Waals surface area contributed by atoms with E-state index in [9.17, 15) is 9.59 Å². The van der Waals surface area contributed by atoms with Gasteiger partial charge in [0.05, 0.1) is 16.5 Å². The fraction of sp³-hybridized carbons (Fsp3) is 0.414. The smallest absolute Gasteiger partial charge is 0.343 e. The normalized spacial score (nSPS) is 14.8. The highest BCUT2D eigenvalue weighted by molar-refractivity contribution is 5.94. The number of nitrogens with zero attached hydrogens (tertiary/aromatic N) is 6. The summed E-state index contributed by atoms with van der Waals surface area (Å²) in [4.78, 5) is 38.5. The molecular formula is C29H35N7O3. The molecule has 0 radical (unpaired) electrons. The molecule has 2 N–H and O–H groups in total. The van der Waals surface area contributed by atoms with Crippen molar-refractivity contribution in [3.8, 4) is 0 Å². The number of nitrogens with two attached hydrogens (primary N) is 1. The van der Waals surface area contributed by atoms with Crippen molar-refractivity contribution >= 4 is 39.1 Å². The summed E-state index contributed by atoms with van der Waals surface area (Å²) < 4.78 is 7.82. The number of rotatable bonds is 8. The molecule has 39 heavy (non-hydrogen) atoms.